The second-order valence-corrected chi connectivity index (χ2v) is 5.23. The molecule has 0 atom stereocenters. The zero-order chi connectivity index (χ0) is 13.3. The summed E-state index contributed by atoms with van der Waals surface area (Å²) in [5.41, 5.74) is 2.21. The fraction of sp³-hybridized carbons (Fsp3) is 0.286. The quantitative estimate of drug-likeness (QED) is 0.883. The molecular formula is C14H16N2O2. The first-order valence-electron chi connectivity index (χ1n) is 5.78. The lowest BCUT2D eigenvalue weighted by atomic mass is 9.87. The van der Waals surface area contributed by atoms with E-state index < -0.39 is 5.97 Å². The minimum atomic E-state index is -0.979. The van der Waals surface area contributed by atoms with Crippen LogP contribution in [0.3, 0.4) is 0 Å². The summed E-state index contributed by atoms with van der Waals surface area (Å²) in [6, 6.07) is 9.27. The van der Waals surface area contributed by atoms with Gasteiger partial charge in [-0.1, -0.05) is 32.9 Å². The summed E-state index contributed by atoms with van der Waals surface area (Å²) in [5.74, 6) is -0.979. The van der Waals surface area contributed by atoms with E-state index in [1.54, 1.807) is 0 Å². The fourth-order valence-electron chi connectivity index (χ4n) is 1.77. The van der Waals surface area contributed by atoms with E-state index >= 15 is 0 Å². The average molecular weight is 244 g/mol. The highest BCUT2D eigenvalue weighted by atomic mass is 16.4. The lowest BCUT2D eigenvalue weighted by Crippen LogP contribution is -2.12. The number of carboxylic acid groups (broad SMARTS) is 1. The van der Waals surface area contributed by atoms with E-state index in [9.17, 15) is 4.79 Å². The van der Waals surface area contributed by atoms with Crippen LogP contribution < -0.4 is 0 Å². The van der Waals surface area contributed by atoms with Gasteiger partial charge in [-0.2, -0.15) is 5.10 Å². The molecule has 4 nitrogen and oxygen atoms in total. The molecule has 1 N–H and O–H groups in total. The molecule has 0 amide bonds. The van der Waals surface area contributed by atoms with Crippen molar-refractivity contribution in [2.45, 2.75) is 26.2 Å². The zero-order valence-electron chi connectivity index (χ0n) is 10.7. The highest BCUT2D eigenvalue weighted by molar-refractivity contribution is 5.86. The first kappa shape index (κ1) is 12.4. The summed E-state index contributed by atoms with van der Waals surface area (Å²) in [6.45, 7) is 6.41. The second-order valence-electron chi connectivity index (χ2n) is 5.23. The minimum Gasteiger partial charge on any atom is -0.477 e. The molecule has 0 radical (unpaired) electrons. The van der Waals surface area contributed by atoms with Crippen molar-refractivity contribution >= 4 is 5.97 Å². The number of nitrogens with zero attached hydrogens (tertiary/aromatic N) is 2. The summed E-state index contributed by atoms with van der Waals surface area (Å²) in [6.07, 6.45) is 1.49. The topological polar surface area (TPSA) is 55.1 Å². The molecule has 2 aromatic rings. The molecular weight excluding hydrogens is 228 g/mol. The maximum atomic E-state index is 11.0. The molecule has 1 aromatic carbocycles. The van der Waals surface area contributed by atoms with Gasteiger partial charge in [0.05, 0.1) is 11.9 Å². The Morgan fingerprint density at radius 1 is 1.17 bits per heavy atom. The number of aromatic carboxylic acids is 1. The Bertz CT molecular complexity index is 562. The van der Waals surface area contributed by atoms with Gasteiger partial charge in [-0.25, -0.2) is 9.48 Å². The monoisotopic (exact) mass is 244 g/mol. The van der Waals surface area contributed by atoms with Crippen molar-refractivity contribution in [1.82, 2.24) is 9.78 Å². The third kappa shape index (κ3) is 2.27. The van der Waals surface area contributed by atoms with Gasteiger partial charge in [0.25, 0.3) is 0 Å². The van der Waals surface area contributed by atoms with E-state index in [0.29, 0.717) is 0 Å². The molecule has 1 heterocycles. The van der Waals surface area contributed by atoms with E-state index in [2.05, 4.69) is 25.9 Å². The van der Waals surface area contributed by atoms with Gasteiger partial charge in [-0.3, -0.25) is 0 Å². The van der Waals surface area contributed by atoms with Crippen LogP contribution in [0.5, 0.6) is 0 Å². The Kier molecular flexibility index (Phi) is 2.95. The van der Waals surface area contributed by atoms with Crippen LogP contribution in [0.4, 0.5) is 0 Å². The molecule has 4 heteroatoms. The summed E-state index contributed by atoms with van der Waals surface area (Å²) >= 11 is 0. The SMILES string of the molecule is CC(C)(C)c1ccc(-n2nccc2C(=O)O)cc1. The van der Waals surface area contributed by atoms with Gasteiger partial charge in [0.15, 0.2) is 5.69 Å². The Morgan fingerprint density at radius 2 is 1.78 bits per heavy atom. The number of hydrogen-bond acceptors (Lipinski definition) is 2. The number of carboxylic acids is 1. The molecule has 0 fully saturated rings. The molecule has 18 heavy (non-hydrogen) atoms. The van der Waals surface area contributed by atoms with Gasteiger partial charge in [0, 0.05) is 0 Å². The second kappa shape index (κ2) is 4.29. The highest BCUT2D eigenvalue weighted by Crippen LogP contribution is 2.23. The summed E-state index contributed by atoms with van der Waals surface area (Å²) < 4.78 is 1.43. The Labute approximate surface area is 106 Å². The van der Waals surface area contributed by atoms with Crippen molar-refractivity contribution in [2.75, 3.05) is 0 Å². The van der Waals surface area contributed by atoms with Crippen LogP contribution in [0.2, 0.25) is 0 Å². The van der Waals surface area contributed by atoms with Crippen molar-refractivity contribution in [3.63, 3.8) is 0 Å². The molecule has 0 saturated heterocycles. The molecule has 2 rings (SSSR count). The smallest absolute Gasteiger partial charge is 0.354 e. The third-order valence-electron chi connectivity index (χ3n) is 2.84. The van der Waals surface area contributed by atoms with Gasteiger partial charge in [0.2, 0.25) is 0 Å². The molecule has 0 spiro atoms. The number of carbonyl (C=O) groups is 1. The average Bonchev–Trinajstić information content (AvgIpc) is 2.77. The number of rotatable bonds is 2. The zero-order valence-corrected chi connectivity index (χ0v) is 10.7. The van der Waals surface area contributed by atoms with Crippen molar-refractivity contribution in [2.24, 2.45) is 0 Å². The molecule has 94 valence electrons. The first-order chi connectivity index (χ1) is 8.39. The van der Waals surface area contributed by atoms with E-state index in [0.717, 1.165) is 5.69 Å². The molecule has 0 saturated carbocycles. The summed E-state index contributed by atoms with van der Waals surface area (Å²) in [7, 11) is 0. The highest BCUT2D eigenvalue weighted by Gasteiger charge is 2.15. The summed E-state index contributed by atoms with van der Waals surface area (Å²) in [4.78, 5) is 11.0. The molecule has 0 bridgehead atoms. The van der Waals surface area contributed by atoms with Gasteiger partial charge in [-0.15, -0.1) is 0 Å². The molecule has 0 aliphatic heterocycles. The van der Waals surface area contributed by atoms with Crippen LogP contribution >= 0.6 is 0 Å². The van der Waals surface area contributed by atoms with Crippen molar-refractivity contribution in [3.8, 4) is 5.69 Å². The Balaban J connectivity index is 2.41. The maximum absolute atomic E-state index is 11.0. The number of aromatic nitrogens is 2. The largest absolute Gasteiger partial charge is 0.477 e. The van der Waals surface area contributed by atoms with Crippen LogP contribution in [0, 0.1) is 0 Å². The predicted octanol–water partition coefficient (Wildman–Crippen LogP) is 2.87. The van der Waals surface area contributed by atoms with Crippen LogP contribution in [0.1, 0.15) is 36.8 Å². The normalized spacial score (nSPS) is 11.5. The fourth-order valence-corrected chi connectivity index (χ4v) is 1.77. The lowest BCUT2D eigenvalue weighted by Gasteiger charge is -2.19. The molecule has 1 aromatic heterocycles. The Hall–Kier alpha value is -2.10. The van der Waals surface area contributed by atoms with E-state index in [1.165, 1.54) is 22.5 Å². The van der Waals surface area contributed by atoms with Crippen LogP contribution in [0.15, 0.2) is 36.5 Å². The van der Waals surface area contributed by atoms with E-state index in [4.69, 9.17) is 5.11 Å². The van der Waals surface area contributed by atoms with Crippen LogP contribution in [-0.4, -0.2) is 20.9 Å². The number of hydrogen-bond donors (Lipinski definition) is 1. The van der Waals surface area contributed by atoms with Crippen LogP contribution in [0.25, 0.3) is 5.69 Å². The summed E-state index contributed by atoms with van der Waals surface area (Å²) in [5, 5.41) is 13.1. The predicted molar refractivity (Wildman–Crippen MR) is 69.2 cm³/mol. The standard InChI is InChI=1S/C14H16N2O2/c1-14(2,3)10-4-6-11(7-5-10)16-12(13(17)18)8-9-15-16/h4-9H,1-3H3,(H,17,18). The van der Waals surface area contributed by atoms with E-state index in [-0.39, 0.29) is 11.1 Å². The third-order valence-corrected chi connectivity index (χ3v) is 2.84. The Morgan fingerprint density at radius 3 is 2.28 bits per heavy atom. The molecule has 0 aliphatic rings. The molecule has 0 aliphatic carbocycles. The van der Waals surface area contributed by atoms with Crippen molar-refractivity contribution < 1.29 is 9.90 Å². The minimum absolute atomic E-state index is 0.0816. The van der Waals surface area contributed by atoms with Gasteiger partial charge in [0.1, 0.15) is 0 Å². The first-order valence-corrected chi connectivity index (χ1v) is 5.78. The lowest BCUT2D eigenvalue weighted by molar-refractivity contribution is 0.0687. The van der Waals surface area contributed by atoms with Gasteiger partial charge >= 0.3 is 5.97 Å². The van der Waals surface area contributed by atoms with E-state index in [1.807, 2.05) is 24.3 Å². The van der Waals surface area contributed by atoms with Crippen molar-refractivity contribution in [3.05, 3.63) is 47.8 Å². The van der Waals surface area contributed by atoms with Crippen molar-refractivity contribution in [1.29, 1.82) is 0 Å². The maximum Gasteiger partial charge on any atom is 0.354 e. The van der Waals surface area contributed by atoms with Gasteiger partial charge in [-0.05, 0) is 29.2 Å². The van der Waals surface area contributed by atoms with Gasteiger partial charge < -0.3 is 5.11 Å². The molecule has 0 unspecified atom stereocenters. The van der Waals surface area contributed by atoms with Crippen LogP contribution in [-0.2, 0) is 5.41 Å². The number of benzene rings is 1.